The van der Waals surface area contributed by atoms with E-state index in [0.717, 1.165) is 29.0 Å². The van der Waals surface area contributed by atoms with Crippen molar-refractivity contribution in [2.24, 2.45) is 7.05 Å². The largest absolute Gasteiger partial charge is 0.296 e. The number of hydrogen-bond donors (Lipinski definition) is 0. The predicted octanol–water partition coefficient (Wildman–Crippen LogP) is 1.75. The van der Waals surface area contributed by atoms with Gasteiger partial charge in [-0.25, -0.2) is 8.42 Å². The standard InChI is InChI=1S/C13H17BrN4O2S2/c1-16-9-11(8-15-16)10-17-4-6-18(7-5-17)22(19,20)13-3-2-12(14)21-13/h2-3,8-9H,4-7,10H2,1H3. The van der Waals surface area contributed by atoms with Gasteiger partial charge in [-0.05, 0) is 28.1 Å². The number of piperazine rings is 1. The molecule has 0 aliphatic carbocycles. The van der Waals surface area contributed by atoms with E-state index in [2.05, 4.69) is 25.9 Å². The van der Waals surface area contributed by atoms with Crippen LogP contribution in [-0.4, -0.2) is 53.6 Å². The van der Waals surface area contributed by atoms with Gasteiger partial charge >= 0.3 is 0 Å². The Labute approximate surface area is 142 Å². The van der Waals surface area contributed by atoms with Crippen LogP contribution in [0.5, 0.6) is 0 Å². The van der Waals surface area contributed by atoms with Gasteiger partial charge in [0.05, 0.1) is 9.98 Å². The van der Waals surface area contributed by atoms with Gasteiger partial charge in [0.1, 0.15) is 4.21 Å². The van der Waals surface area contributed by atoms with Crippen LogP contribution in [0.1, 0.15) is 5.56 Å². The fraction of sp³-hybridized carbons (Fsp3) is 0.462. The van der Waals surface area contributed by atoms with Crippen molar-refractivity contribution < 1.29 is 8.42 Å². The molecule has 6 nitrogen and oxygen atoms in total. The van der Waals surface area contributed by atoms with Gasteiger partial charge in [0.2, 0.25) is 0 Å². The fourth-order valence-electron chi connectivity index (χ4n) is 2.50. The Morgan fingerprint density at radius 3 is 2.55 bits per heavy atom. The summed E-state index contributed by atoms with van der Waals surface area (Å²) in [6.45, 7) is 3.34. The quantitative estimate of drug-likeness (QED) is 0.778. The topological polar surface area (TPSA) is 58.4 Å². The Morgan fingerprint density at radius 1 is 1.27 bits per heavy atom. The average molecular weight is 405 g/mol. The second-order valence-electron chi connectivity index (χ2n) is 5.26. The minimum absolute atomic E-state index is 0.403. The lowest BCUT2D eigenvalue weighted by molar-refractivity contribution is 0.181. The lowest BCUT2D eigenvalue weighted by Crippen LogP contribution is -2.47. The summed E-state index contributed by atoms with van der Waals surface area (Å²) in [5.41, 5.74) is 1.15. The van der Waals surface area contributed by atoms with Gasteiger partial charge in [-0.15, -0.1) is 11.3 Å². The van der Waals surface area contributed by atoms with Crippen molar-refractivity contribution >= 4 is 37.3 Å². The minimum atomic E-state index is -3.35. The van der Waals surface area contributed by atoms with Crippen molar-refractivity contribution in [2.75, 3.05) is 26.2 Å². The molecule has 0 saturated carbocycles. The Morgan fingerprint density at radius 2 is 2.00 bits per heavy atom. The molecule has 0 unspecified atom stereocenters. The third kappa shape index (κ3) is 3.43. The van der Waals surface area contributed by atoms with E-state index < -0.39 is 10.0 Å². The normalized spacial score (nSPS) is 17.9. The van der Waals surface area contributed by atoms with Crippen molar-refractivity contribution in [3.05, 3.63) is 33.9 Å². The highest BCUT2D eigenvalue weighted by Crippen LogP contribution is 2.29. The summed E-state index contributed by atoms with van der Waals surface area (Å²) in [7, 11) is -1.46. The second kappa shape index (κ2) is 6.40. The number of aromatic nitrogens is 2. The lowest BCUT2D eigenvalue weighted by Gasteiger charge is -2.33. The summed E-state index contributed by atoms with van der Waals surface area (Å²) >= 11 is 4.57. The summed E-state index contributed by atoms with van der Waals surface area (Å²) < 4.78 is 29.7. The van der Waals surface area contributed by atoms with Crippen LogP contribution in [0, 0.1) is 0 Å². The molecule has 2 aromatic heterocycles. The van der Waals surface area contributed by atoms with Gasteiger partial charge in [0, 0.05) is 51.5 Å². The molecule has 0 bridgehead atoms. The summed E-state index contributed by atoms with van der Waals surface area (Å²) in [5, 5.41) is 4.16. The first kappa shape index (κ1) is 16.1. The van der Waals surface area contributed by atoms with E-state index >= 15 is 0 Å². The number of nitrogens with zero attached hydrogens (tertiary/aromatic N) is 4. The first-order chi connectivity index (χ1) is 10.4. The molecule has 0 aromatic carbocycles. The van der Waals surface area contributed by atoms with Crippen molar-refractivity contribution in [2.45, 2.75) is 10.8 Å². The molecule has 2 aromatic rings. The molecular weight excluding hydrogens is 388 g/mol. The van der Waals surface area contributed by atoms with Crippen molar-refractivity contribution in [3.63, 3.8) is 0 Å². The Kier molecular flexibility index (Phi) is 4.69. The zero-order chi connectivity index (χ0) is 15.7. The molecule has 0 amide bonds. The molecule has 3 rings (SSSR count). The number of aryl methyl sites for hydroxylation is 1. The van der Waals surface area contributed by atoms with Crippen LogP contribution in [0.2, 0.25) is 0 Å². The molecule has 0 spiro atoms. The molecule has 3 heterocycles. The molecule has 0 atom stereocenters. The van der Waals surface area contributed by atoms with E-state index in [4.69, 9.17) is 0 Å². The van der Waals surface area contributed by atoms with Gasteiger partial charge in [-0.3, -0.25) is 9.58 Å². The summed E-state index contributed by atoms with van der Waals surface area (Å²) in [6.07, 6.45) is 3.85. The summed E-state index contributed by atoms with van der Waals surface area (Å²) in [6, 6.07) is 3.43. The van der Waals surface area contributed by atoms with Gasteiger partial charge in [0.15, 0.2) is 0 Å². The summed E-state index contributed by atoms with van der Waals surface area (Å²) in [5.74, 6) is 0. The van der Waals surface area contributed by atoms with Crippen LogP contribution in [-0.2, 0) is 23.6 Å². The third-order valence-corrected chi connectivity index (χ3v) is 7.63. The van der Waals surface area contributed by atoms with Gasteiger partial charge in [-0.2, -0.15) is 9.40 Å². The molecular formula is C13H17BrN4O2S2. The molecule has 0 radical (unpaired) electrons. The molecule has 22 heavy (non-hydrogen) atoms. The molecule has 1 fully saturated rings. The highest BCUT2D eigenvalue weighted by molar-refractivity contribution is 9.11. The summed E-state index contributed by atoms with van der Waals surface area (Å²) in [4.78, 5) is 2.26. The Balaban J connectivity index is 1.61. The first-order valence-corrected chi connectivity index (χ1v) is 9.95. The SMILES string of the molecule is Cn1cc(CN2CCN(S(=O)(=O)c3ccc(Br)s3)CC2)cn1. The van der Waals surface area contributed by atoms with Gasteiger partial charge in [-0.1, -0.05) is 0 Å². The molecule has 1 aliphatic rings. The van der Waals surface area contributed by atoms with Crippen molar-refractivity contribution in [3.8, 4) is 0 Å². The minimum Gasteiger partial charge on any atom is -0.296 e. The number of thiophene rings is 1. The number of rotatable bonds is 4. The van der Waals surface area contributed by atoms with Crippen LogP contribution in [0.25, 0.3) is 0 Å². The Bertz CT molecular complexity index is 748. The molecule has 1 saturated heterocycles. The lowest BCUT2D eigenvalue weighted by atomic mass is 10.3. The van der Waals surface area contributed by atoms with Crippen molar-refractivity contribution in [1.29, 1.82) is 0 Å². The van der Waals surface area contributed by atoms with Crippen LogP contribution in [0.4, 0.5) is 0 Å². The van der Waals surface area contributed by atoms with Crippen molar-refractivity contribution in [1.82, 2.24) is 19.0 Å². The van der Waals surface area contributed by atoms with E-state index in [1.165, 1.54) is 11.3 Å². The van der Waals surface area contributed by atoms with E-state index in [1.54, 1.807) is 21.1 Å². The zero-order valence-electron chi connectivity index (χ0n) is 12.1. The number of sulfonamides is 1. The highest BCUT2D eigenvalue weighted by Gasteiger charge is 2.29. The van der Waals surface area contributed by atoms with Crippen LogP contribution in [0.3, 0.4) is 0 Å². The average Bonchev–Trinajstić information content (AvgIpc) is 3.09. The first-order valence-electron chi connectivity index (χ1n) is 6.90. The van der Waals surface area contributed by atoms with E-state index in [9.17, 15) is 8.42 Å². The van der Waals surface area contributed by atoms with Gasteiger partial charge in [0.25, 0.3) is 10.0 Å². The van der Waals surface area contributed by atoms with E-state index in [-0.39, 0.29) is 0 Å². The maximum atomic E-state index is 12.6. The Hall–Kier alpha value is -0.740. The fourth-order valence-corrected chi connectivity index (χ4v) is 6.09. The van der Waals surface area contributed by atoms with Crippen LogP contribution in [0.15, 0.2) is 32.5 Å². The highest BCUT2D eigenvalue weighted by atomic mass is 79.9. The monoisotopic (exact) mass is 404 g/mol. The maximum Gasteiger partial charge on any atom is 0.252 e. The van der Waals surface area contributed by atoms with E-state index in [1.807, 2.05) is 19.4 Å². The predicted molar refractivity (Wildman–Crippen MR) is 89.3 cm³/mol. The van der Waals surface area contributed by atoms with Crippen LogP contribution >= 0.6 is 27.3 Å². The smallest absolute Gasteiger partial charge is 0.252 e. The maximum absolute atomic E-state index is 12.6. The molecule has 1 aliphatic heterocycles. The van der Waals surface area contributed by atoms with Gasteiger partial charge < -0.3 is 0 Å². The molecule has 0 N–H and O–H groups in total. The zero-order valence-corrected chi connectivity index (χ0v) is 15.4. The van der Waals surface area contributed by atoms with E-state index in [0.29, 0.717) is 17.3 Å². The number of hydrogen-bond acceptors (Lipinski definition) is 5. The number of halogens is 1. The molecule has 9 heteroatoms. The third-order valence-electron chi connectivity index (χ3n) is 3.64. The van der Waals surface area contributed by atoms with Crippen LogP contribution < -0.4 is 0 Å². The molecule has 120 valence electrons. The second-order valence-corrected chi connectivity index (χ2v) is 9.89.